The van der Waals surface area contributed by atoms with E-state index in [2.05, 4.69) is 9.68 Å². The average molecular weight is 252 g/mol. The van der Waals surface area contributed by atoms with Crippen LogP contribution in [0, 0.1) is 26.1 Å². The molecule has 9 nitrogen and oxygen atoms in total. The summed E-state index contributed by atoms with van der Waals surface area (Å²) >= 11 is 0. The molecule has 0 aliphatic heterocycles. The SMILES string of the molecule is CC(C)CCOC[C@@H](CO[N+](=O)[O-])O[N+](=O)[O-]. The van der Waals surface area contributed by atoms with Crippen molar-refractivity contribution in [3.63, 3.8) is 0 Å². The zero-order chi connectivity index (χ0) is 13.3. The zero-order valence-corrected chi connectivity index (χ0v) is 9.74. The Labute approximate surface area is 97.8 Å². The Hall–Kier alpha value is -1.64. The highest BCUT2D eigenvalue weighted by molar-refractivity contribution is 4.52. The first kappa shape index (κ1) is 15.4. The Bertz CT molecular complexity index is 246. The van der Waals surface area contributed by atoms with Gasteiger partial charge in [0.25, 0.3) is 10.2 Å². The molecule has 0 aromatic heterocycles. The Morgan fingerprint density at radius 3 is 2.24 bits per heavy atom. The molecule has 0 rings (SSSR count). The van der Waals surface area contributed by atoms with Crippen molar-refractivity contribution in [2.45, 2.75) is 26.4 Å². The van der Waals surface area contributed by atoms with Crippen LogP contribution in [0.1, 0.15) is 20.3 Å². The van der Waals surface area contributed by atoms with Crippen LogP contribution in [0.4, 0.5) is 0 Å². The molecule has 17 heavy (non-hydrogen) atoms. The van der Waals surface area contributed by atoms with Crippen LogP contribution < -0.4 is 0 Å². The molecule has 0 spiro atoms. The maximum atomic E-state index is 10.1. The van der Waals surface area contributed by atoms with Gasteiger partial charge in [-0.25, -0.2) is 0 Å². The van der Waals surface area contributed by atoms with Crippen molar-refractivity contribution in [1.29, 1.82) is 0 Å². The minimum Gasteiger partial charge on any atom is -0.379 e. The Morgan fingerprint density at radius 2 is 1.76 bits per heavy atom. The molecule has 0 aliphatic rings. The van der Waals surface area contributed by atoms with Crippen LogP contribution in [0.15, 0.2) is 0 Å². The van der Waals surface area contributed by atoms with Gasteiger partial charge in [0.15, 0.2) is 6.10 Å². The lowest BCUT2D eigenvalue weighted by Crippen LogP contribution is -2.29. The maximum absolute atomic E-state index is 10.1. The van der Waals surface area contributed by atoms with Crippen molar-refractivity contribution in [2.24, 2.45) is 5.92 Å². The highest BCUT2D eigenvalue weighted by atomic mass is 17.0. The fourth-order valence-electron chi connectivity index (χ4n) is 0.908. The topological polar surface area (TPSA) is 114 Å². The molecule has 0 saturated heterocycles. The fraction of sp³-hybridized carbons (Fsp3) is 1.00. The van der Waals surface area contributed by atoms with Crippen molar-refractivity contribution >= 4 is 0 Å². The largest absolute Gasteiger partial charge is 0.379 e. The lowest BCUT2D eigenvalue weighted by Gasteiger charge is -2.14. The first-order valence-electron chi connectivity index (χ1n) is 5.08. The normalized spacial score (nSPS) is 12.2. The first-order valence-corrected chi connectivity index (χ1v) is 5.08. The lowest BCUT2D eigenvalue weighted by atomic mass is 10.1. The standard InChI is InChI=1S/C8H16N2O7/c1-7(2)3-4-15-5-8(17-10(13)14)6-16-9(11)12/h7-8H,3-6H2,1-2H3/t8-/m0/s1. The van der Waals surface area contributed by atoms with E-state index < -0.39 is 22.9 Å². The van der Waals surface area contributed by atoms with E-state index in [1.54, 1.807) is 0 Å². The predicted molar refractivity (Wildman–Crippen MR) is 55.1 cm³/mol. The average Bonchev–Trinajstić information content (AvgIpc) is 2.19. The van der Waals surface area contributed by atoms with Crippen molar-refractivity contribution in [3.8, 4) is 0 Å². The molecule has 1 atom stereocenters. The molecule has 0 heterocycles. The molecule has 0 saturated carbocycles. The summed E-state index contributed by atoms with van der Waals surface area (Å²) in [7, 11) is 0. The monoisotopic (exact) mass is 252 g/mol. The number of nitrogens with zero attached hydrogens (tertiary/aromatic N) is 2. The van der Waals surface area contributed by atoms with Crippen LogP contribution in [0.25, 0.3) is 0 Å². The molecule has 0 unspecified atom stereocenters. The minimum atomic E-state index is -1.09. The number of hydrogen-bond donors (Lipinski definition) is 0. The Kier molecular flexibility index (Phi) is 7.68. The zero-order valence-electron chi connectivity index (χ0n) is 9.74. The molecule has 0 fully saturated rings. The quantitative estimate of drug-likeness (QED) is 0.321. The second kappa shape index (κ2) is 8.50. The van der Waals surface area contributed by atoms with E-state index in [9.17, 15) is 20.2 Å². The molecule has 9 heteroatoms. The summed E-state index contributed by atoms with van der Waals surface area (Å²) < 4.78 is 5.11. The van der Waals surface area contributed by atoms with Gasteiger partial charge in [0.05, 0.1) is 6.61 Å². The van der Waals surface area contributed by atoms with E-state index >= 15 is 0 Å². The van der Waals surface area contributed by atoms with E-state index in [1.807, 2.05) is 13.8 Å². The van der Waals surface area contributed by atoms with Crippen LogP contribution in [-0.4, -0.2) is 36.1 Å². The third-order valence-corrected chi connectivity index (χ3v) is 1.74. The second-order valence-corrected chi connectivity index (χ2v) is 3.73. The van der Waals surface area contributed by atoms with Crippen molar-refractivity contribution in [1.82, 2.24) is 0 Å². The molecular weight excluding hydrogens is 236 g/mol. The third-order valence-electron chi connectivity index (χ3n) is 1.74. The molecule has 0 amide bonds. The smallest absolute Gasteiger partial charge is 0.294 e. The van der Waals surface area contributed by atoms with Gasteiger partial charge < -0.3 is 14.4 Å². The lowest BCUT2D eigenvalue weighted by molar-refractivity contribution is -0.790. The predicted octanol–water partition coefficient (Wildman–Crippen LogP) is 0.834. The van der Waals surface area contributed by atoms with E-state index in [4.69, 9.17) is 4.74 Å². The van der Waals surface area contributed by atoms with E-state index in [-0.39, 0.29) is 6.61 Å². The second-order valence-electron chi connectivity index (χ2n) is 3.73. The van der Waals surface area contributed by atoms with Gasteiger partial charge in [0.1, 0.15) is 6.61 Å². The summed E-state index contributed by atoms with van der Waals surface area (Å²) in [5.74, 6) is 0.444. The van der Waals surface area contributed by atoms with Crippen LogP contribution in [0.2, 0.25) is 0 Å². The van der Waals surface area contributed by atoms with Gasteiger partial charge in [-0.05, 0) is 12.3 Å². The van der Waals surface area contributed by atoms with Gasteiger partial charge in [0.2, 0.25) is 0 Å². The Morgan fingerprint density at radius 1 is 1.12 bits per heavy atom. The molecule has 100 valence electrons. The molecule has 0 aromatic rings. The molecule has 0 aromatic carbocycles. The van der Waals surface area contributed by atoms with Gasteiger partial charge in [-0.15, -0.1) is 20.2 Å². The number of hydrogen-bond acceptors (Lipinski definition) is 7. The minimum absolute atomic E-state index is 0.123. The van der Waals surface area contributed by atoms with Crippen LogP contribution >= 0.6 is 0 Å². The fourth-order valence-corrected chi connectivity index (χ4v) is 0.908. The summed E-state index contributed by atoms with van der Waals surface area (Å²) in [6, 6.07) is 0. The van der Waals surface area contributed by atoms with E-state index in [0.29, 0.717) is 12.5 Å². The summed E-state index contributed by atoms with van der Waals surface area (Å²) in [4.78, 5) is 28.2. The van der Waals surface area contributed by atoms with Crippen LogP contribution in [0.5, 0.6) is 0 Å². The van der Waals surface area contributed by atoms with Crippen molar-refractivity contribution < 1.29 is 24.6 Å². The first-order chi connectivity index (χ1) is 7.91. The highest BCUT2D eigenvalue weighted by Crippen LogP contribution is 2.01. The summed E-state index contributed by atoms with van der Waals surface area (Å²) in [6.07, 6.45) is -0.302. The summed E-state index contributed by atoms with van der Waals surface area (Å²) in [6.45, 7) is 3.76. The Balaban J connectivity index is 3.84. The van der Waals surface area contributed by atoms with Gasteiger partial charge in [-0.2, -0.15) is 0 Å². The van der Waals surface area contributed by atoms with Crippen LogP contribution in [0.3, 0.4) is 0 Å². The summed E-state index contributed by atoms with van der Waals surface area (Å²) in [5, 5.41) is 18.0. The number of ether oxygens (including phenoxy) is 1. The maximum Gasteiger partial charge on any atom is 0.294 e. The number of rotatable bonds is 10. The van der Waals surface area contributed by atoms with Gasteiger partial charge in [-0.3, -0.25) is 0 Å². The molecule has 0 aliphatic carbocycles. The van der Waals surface area contributed by atoms with Gasteiger partial charge in [0, 0.05) is 6.61 Å². The molecular formula is C8H16N2O7. The molecule has 0 radical (unpaired) electrons. The molecule has 0 N–H and O–H groups in total. The van der Waals surface area contributed by atoms with Crippen molar-refractivity contribution in [2.75, 3.05) is 19.8 Å². The van der Waals surface area contributed by atoms with E-state index in [1.165, 1.54) is 0 Å². The van der Waals surface area contributed by atoms with E-state index in [0.717, 1.165) is 6.42 Å². The third kappa shape index (κ3) is 10.6. The highest BCUT2D eigenvalue weighted by Gasteiger charge is 2.16. The summed E-state index contributed by atoms with van der Waals surface area (Å²) in [5.41, 5.74) is 0. The molecule has 0 bridgehead atoms. The van der Waals surface area contributed by atoms with Gasteiger partial charge in [-0.1, -0.05) is 13.8 Å². The van der Waals surface area contributed by atoms with Crippen LogP contribution in [-0.2, 0) is 14.4 Å². The van der Waals surface area contributed by atoms with Gasteiger partial charge >= 0.3 is 0 Å². The van der Waals surface area contributed by atoms with Crippen molar-refractivity contribution in [3.05, 3.63) is 20.2 Å².